The van der Waals surface area contributed by atoms with Crippen LogP contribution in [0.5, 0.6) is 0 Å². The number of hydrogen-bond acceptors (Lipinski definition) is 14. The molecule has 8 fully saturated rings. The van der Waals surface area contributed by atoms with Gasteiger partial charge in [0.05, 0.1) is 94.0 Å². The van der Waals surface area contributed by atoms with Gasteiger partial charge in [-0.25, -0.2) is 43.9 Å². The van der Waals surface area contributed by atoms with Crippen LogP contribution in [0.4, 0.5) is 57.1 Å². The number of ketones is 5. The molecule has 770 valence electrons. The van der Waals surface area contributed by atoms with E-state index in [-0.39, 0.29) is 214 Å². The highest BCUT2D eigenvalue weighted by Crippen LogP contribution is 2.49. The molecular formula is C105H122Cl4F13N5O14. The summed E-state index contributed by atoms with van der Waals surface area (Å²) in [5, 5.41) is 53.6. The largest absolute Gasteiger partial charge is 0.418 e. The van der Waals surface area contributed by atoms with E-state index in [2.05, 4.69) is 0 Å². The number of Topliss-reactive ketones (excluding diaryl/α,β-unsaturated/α-hetero) is 5. The fraction of sp³-hybridized carbons (Fsp3) is 0.571. The zero-order chi connectivity index (χ0) is 101. The fourth-order valence-corrected chi connectivity index (χ4v) is 22.0. The van der Waals surface area contributed by atoms with E-state index in [9.17, 15) is 107 Å². The van der Waals surface area contributed by atoms with Crippen LogP contribution in [0.1, 0.15) is 310 Å². The van der Waals surface area contributed by atoms with E-state index in [0.29, 0.717) is 127 Å². The monoisotopic (exact) mass is 2060 g/mol. The predicted molar refractivity (Wildman–Crippen MR) is 510 cm³/mol. The third kappa shape index (κ3) is 27.5. The van der Waals surface area contributed by atoms with Gasteiger partial charge in [0.1, 0.15) is 0 Å². The number of nitrogens with zero attached hydrogens (tertiary/aromatic N) is 5. The molecule has 0 amide bonds. The molecule has 1 unspecified atom stereocenters. The Bertz CT molecular complexity index is 5870. The number of fused-ring (bicyclic) bond motifs is 5. The number of pyridine rings is 5. The Balaban J connectivity index is 0.000000140. The molecule has 3 aliphatic heterocycles. The smallest absolute Gasteiger partial charge is 0.396 e. The number of methoxy groups -OCH3 is 1. The summed E-state index contributed by atoms with van der Waals surface area (Å²) in [5.74, 6) is -13.4. The number of aliphatic hydroxyl groups is 5. The number of alkyl halides is 13. The van der Waals surface area contributed by atoms with Gasteiger partial charge >= 0.3 is 6.18 Å². The van der Waals surface area contributed by atoms with Gasteiger partial charge in [-0.3, -0.25) is 24.0 Å². The van der Waals surface area contributed by atoms with Crippen molar-refractivity contribution in [3.05, 3.63) is 204 Å². The van der Waals surface area contributed by atoms with Crippen molar-refractivity contribution in [2.24, 2.45) is 17.8 Å². The van der Waals surface area contributed by atoms with Gasteiger partial charge in [0, 0.05) is 237 Å². The summed E-state index contributed by atoms with van der Waals surface area (Å²) in [4.78, 5) is 64.6. The molecule has 3 atom stereocenters. The number of aromatic nitrogens is 5. The molecule has 0 radical (unpaired) electrons. The third-order valence-electron chi connectivity index (χ3n) is 29.7. The van der Waals surface area contributed by atoms with E-state index in [1.807, 2.05) is 78.8 Å². The van der Waals surface area contributed by atoms with Crippen molar-refractivity contribution >= 4 is 103 Å². The summed E-state index contributed by atoms with van der Waals surface area (Å²) in [6, 6.07) is 25.3. The SMILES string of the molecule is COCCc1cc(C(=O)CCC2(O)CCC(F)(F)CC2)c2c(C(F)(F)F)cccn12.O=C(CCC1(O)CCC(F)(F)CC1)c1cc(C2CCCO2)n2cccc(Cl)c12.O=C(CCC1(O)CCC(F)(F)CC1)c1cc(C[C@@H]2CCOC2)n2cccc(Cl)c12.O=C(CCC1(O)CCC(F)(F)CC1)c1cc(C[C@H]2CCOC2)n2cccc(Cl)c12.O=C(CCC1CCC(F)(F)CC1)c1cc(CCO)n2cccc(Cl)c12. The van der Waals surface area contributed by atoms with Crippen LogP contribution in [0.2, 0.25) is 20.1 Å². The van der Waals surface area contributed by atoms with Gasteiger partial charge < -0.3 is 66.5 Å². The van der Waals surface area contributed by atoms with Crippen LogP contribution in [-0.2, 0) is 50.8 Å². The molecule has 0 aromatic carbocycles. The third-order valence-corrected chi connectivity index (χ3v) is 30.9. The summed E-state index contributed by atoms with van der Waals surface area (Å²) in [7, 11) is 1.47. The molecule has 141 heavy (non-hydrogen) atoms. The molecular weight excluding hydrogens is 1940 g/mol. The van der Waals surface area contributed by atoms with E-state index < -0.39 is 82.4 Å². The maximum atomic E-state index is 13.6. The fourth-order valence-electron chi connectivity index (χ4n) is 21.0. The van der Waals surface area contributed by atoms with Crippen molar-refractivity contribution in [2.75, 3.05) is 53.4 Å². The molecule has 0 bridgehead atoms. The van der Waals surface area contributed by atoms with Crippen molar-refractivity contribution in [3.8, 4) is 0 Å². The van der Waals surface area contributed by atoms with Crippen LogP contribution in [0.3, 0.4) is 0 Å². The molecule has 5 N–H and O–H groups in total. The highest BCUT2D eigenvalue weighted by Gasteiger charge is 2.48. The van der Waals surface area contributed by atoms with Crippen LogP contribution < -0.4 is 0 Å². The Hall–Kier alpha value is -7.96. The van der Waals surface area contributed by atoms with Crippen LogP contribution >= 0.6 is 46.4 Å². The lowest BCUT2D eigenvalue weighted by Gasteiger charge is -2.35. The zero-order valence-corrected chi connectivity index (χ0v) is 81.8. The molecule has 10 aromatic rings. The van der Waals surface area contributed by atoms with Gasteiger partial charge in [0.2, 0.25) is 29.6 Å². The summed E-state index contributed by atoms with van der Waals surface area (Å²) in [6.07, 6.45) is 9.74. The van der Waals surface area contributed by atoms with Gasteiger partial charge in [-0.2, -0.15) is 13.2 Å². The first-order valence-electron chi connectivity index (χ1n) is 48.8. The second-order valence-corrected chi connectivity index (χ2v) is 41.6. The standard InChI is InChI=1S/2C22H26ClF2NO3.C21H24ClF2NO3.C21H24F5NO3.C19H22ClF2NO2/c2*23-18-2-1-10-26-16(12-15-4-11-29-14-15)13-17(20(18)26)19(27)3-5-21(28)6-8-22(24,25)9-7-21;22-15-3-1-11-25-16(18-4-2-12-28-18)13-14(19(15)25)17(26)5-6-20(27)7-9-21(23,24)10-8-20;1-30-12-5-14-13-15(18-16(21(24,25)26)3-2-11-27(14)18)17(28)4-6-19(29)7-9-20(22,23)10-8-19;20-16-2-1-10-23-14(7-11-24)12-15(18(16)23)17(25)4-3-13-5-8-19(21,22)9-6-13/h2*1-2,10,13,15,28H,3-9,11-12,14H2;1,3,11,13,18,27H,2,4-10,12H2;2-3,11,13,29H,4-10,12H2,1H3;1-2,10,12-13,24H,3-9,11H2/t2*15-;;;/m10.../s1. The van der Waals surface area contributed by atoms with E-state index in [1.165, 1.54) is 29.8 Å². The minimum atomic E-state index is -4.65. The molecule has 18 rings (SSSR count). The maximum Gasteiger partial charge on any atom is 0.418 e. The van der Waals surface area contributed by atoms with Crippen molar-refractivity contribution in [3.63, 3.8) is 0 Å². The van der Waals surface area contributed by atoms with Crippen molar-refractivity contribution in [1.82, 2.24) is 22.0 Å². The van der Waals surface area contributed by atoms with Crippen LogP contribution in [0.15, 0.2) is 122 Å². The van der Waals surface area contributed by atoms with Crippen LogP contribution in [-0.4, -0.2) is 182 Å². The second kappa shape index (κ2) is 45.6. The Morgan fingerprint density at radius 3 is 1.06 bits per heavy atom. The maximum absolute atomic E-state index is 13.6. The Morgan fingerprint density at radius 1 is 0.390 bits per heavy atom. The second-order valence-electron chi connectivity index (χ2n) is 40.0. The summed E-state index contributed by atoms with van der Waals surface area (Å²) in [5.41, 5.74) is 2.80. The molecule has 5 aliphatic carbocycles. The van der Waals surface area contributed by atoms with E-state index in [1.54, 1.807) is 36.4 Å². The minimum Gasteiger partial charge on any atom is -0.396 e. The van der Waals surface area contributed by atoms with Gasteiger partial charge in [0.25, 0.3) is 0 Å². The van der Waals surface area contributed by atoms with Gasteiger partial charge in [0.15, 0.2) is 28.9 Å². The topological polar surface area (TPSA) is 245 Å². The van der Waals surface area contributed by atoms with Gasteiger partial charge in [-0.15, -0.1) is 0 Å². The lowest BCUT2D eigenvalue weighted by atomic mass is 9.79. The number of aliphatic hydroxyl groups excluding tert-OH is 1. The average Bonchev–Trinajstić information content (AvgIpc) is 1.61. The Morgan fingerprint density at radius 2 is 0.709 bits per heavy atom. The number of carbonyl (C=O) groups is 5. The summed E-state index contributed by atoms with van der Waals surface area (Å²) < 4.78 is 205. The first kappa shape index (κ1) is 109. The number of ether oxygens (including phenoxy) is 4. The van der Waals surface area contributed by atoms with Gasteiger partial charge in [-0.1, -0.05) is 46.4 Å². The van der Waals surface area contributed by atoms with E-state index >= 15 is 0 Å². The quantitative estimate of drug-likeness (QED) is 0.0208. The molecule has 8 aliphatic rings. The molecule has 10 aromatic heterocycles. The number of hydrogen-bond donors (Lipinski definition) is 5. The molecule has 13 heterocycles. The Kier molecular flexibility index (Phi) is 35.2. The molecule has 36 heteroatoms. The molecule has 0 spiro atoms. The Labute approximate surface area is 829 Å². The molecule has 3 saturated heterocycles. The average molecular weight is 2070 g/mol. The van der Waals surface area contributed by atoms with E-state index in [4.69, 9.17) is 65.4 Å². The summed E-state index contributed by atoms with van der Waals surface area (Å²) >= 11 is 25.5. The number of halogens is 17. The number of rotatable bonds is 30. The summed E-state index contributed by atoms with van der Waals surface area (Å²) in [6.45, 7) is 3.91. The zero-order valence-electron chi connectivity index (χ0n) is 78.7. The lowest BCUT2D eigenvalue weighted by molar-refractivity contribution is -0.136. The highest BCUT2D eigenvalue weighted by molar-refractivity contribution is 6.36. The minimum absolute atomic E-state index is 0.0114. The predicted octanol–water partition coefficient (Wildman–Crippen LogP) is 25.5. The lowest BCUT2D eigenvalue weighted by Crippen LogP contribution is -2.38. The van der Waals surface area contributed by atoms with Gasteiger partial charge in [-0.05, 0) is 244 Å². The van der Waals surface area contributed by atoms with Crippen molar-refractivity contribution < 1.29 is 126 Å². The van der Waals surface area contributed by atoms with Crippen LogP contribution in [0.25, 0.3) is 27.6 Å². The first-order valence-corrected chi connectivity index (χ1v) is 50.4. The normalized spacial score (nSPS) is 21.6. The molecule has 19 nitrogen and oxygen atoms in total. The van der Waals surface area contributed by atoms with E-state index in [0.717, 1.165) is 93.8 Å². The highest BCUT2D eigenvalue weighted by atomic mass is 35.5. The van der Waals surface area contributed by atoms with Crippen LogP contribution in [0, 0.1) is 17.8 Å². The van der Waals surface area contributed by atoms with Crippen molar-refractivity contribution in [2.45, 2.75) is 308 Å². The molecule has 5 saturated carbocycles. The first-order chi connectivity index (χ1) is 66.7. The van der Waals surface area contributed by atoms with Crippen molar-refractivity contribution in [1.29, 1.82) is 0 Å². The number of carbonyl (C=O) groups excluding carboxylic acids is 5.